The molecule has 0 bridgehead atoms. The van der Waals surface area contributed by atoms with Gasteiger partial charge >= 0.3 is 0 Å². The van der Waals surface area contributed by atoms with Crippen LogP contribution >= 0.6 is 0 Å². The SMILES string of the molecule is CC(O)CN(C)CC(C)C(N)c1ccc(F)cn1. The van der Waals surface area contributed by atoms with Crippen LogP contribution in [-0.2, 0) is 0 Å². The lowest BCUT2D eigenvalue weighted by atomic mass is 9.98. The molecule has 1 aromatic heterocycles. The molecule has 1 rings (SSSR count). The Morgan fingerprint density at radius 2 is 2.06 bits per heavy atom. The molecule has 5 heteroatoms. The number of likely N-dealkylation sites (N-methyl/N-ethyl adjacent to an activating group) is 1. The van der Waals surface area contributed by atoms with E-state index in [-0.39, 0.29) is 23.9 Å². The number of nitrogens with zero attached hydrogens (tertiary/aromatic N) is 2. The quantitative estimate of drug-likeness (QED) is 0.801. The molecular formula is C13H22FN3O. The molecule has 1 heterocycles. The van der Waals surface area contributed by atoms with Crippen molar-refractivity contribution in [2.45, 2.75) is 26.0 Å². The molecule has 102 valence electrons. The van der Waals surface area contributed by atoms with Gasteiger partial charge in [-0.3, -0.25) is 4.98 Å². The molecule has 3 N–H and O–H groups in total. The first kappa shape index (κ1) is 15.0. The van der Waals surface area contributed by atoms with Crippen molar-refractivity contribution in [3.8, 4) is 0 Å². The van der Waals surface area contributed by atoms with Crippen molar-refractivity contribution in [2.75, 3.05) is 20.1 Å². The molecule has 0 fully saturated rings. The van der Waals surface area contributed by atoms with Crippen LogP contribution in [0.5, 0.6) is 0 Å². The smallest absolute Gasteiger partial charge is 0.141 e. The van der Waals surface area contributed by atoms with E-state index in [1.165, 1.54) is 12.3 Å². The Labute approximate surface area is 108 Å². The summed E-state index contributed by atoms with van der Waals surface area (Å²) in [5.74, 6) is -0.184. The number of rotatable bonds is 6. The second kappa shape index (κ2) is 6.78. The van der Waals surface area contributed by atoms with Gasteiger partial charge in [-0.25, -0.2) is 4.39 Å². The lowest BCUT2D eigenvalue weighted by Gasteiger charge is -2.26. The zero-order valence-corrected chi connectivity index (χ0v) is 11.2. The van der Waals surface area contributed by atoms with Gasteiger partial charge in [-0.2, -0.15) is 0 Å². The number of aliphatic hydroxyl groups excluding tert-OH is 1. The summed E-state index contributed by atoms with van der Waals surface area (Å²) in [5.41, 5.74) is 6.78. The van der Waals surface area contributed by atoms with Crippen LogP contribution in [0.25, 0.3) is 0 Å². The van der Waals surface area contributed by atoms with Crippen molar-refractivity contribution in [3.63, 3.8) is 0 Å². The van der Waals surface area contributed by atoms with Gasteiger partial charge in [-0.05, 0) is 32.0 Å². The Hall–Kier alpha value is -1.04. The first-order valence-corrected chi connectivity index (χ1v) is 6.13. The molecular weight excluding hydrogens is 233 g/mol. The Bertz CT molecular complexity index is 356. The van der Waals surface area contributed by atoms with Crippen LogP contribution < -0.4 is 5.73 Å². The summed E-state index contributed by atoms with van der Waals surface area (Å²) in [5, 5.41) is 9.29. The largest absolute Gasteiger partial charge is 0.392 e. The van der Waals surface area contributed by atoms with Gasteiger partial charge in [0.05, 0.1) is 24.0 Å². The van der Waals surface area contributed by atoms with Gasteiger partial charge < -0.3 is 15.7 Å². The fourth-order valence-corrected chi connectivity index (χ4v) is 2.01. The second-order valence-corrected chi connectivity index (χ2v) is 4.97. The molecule has 0 saturated carbocycles. The number of hydrogen-bond donors (Lipinski definition) is 2. The van der Waals surface area contributed by atoms with Crippen molar-refractivity contribution < 1.29 is 9.50 Å². The zero-order chi connectivity index (χ0) is 13.7. The Kier molecular flexibility index (Phi) is 5.65. The predicted molar refractivity (Wildman–Crippen MR) is 69.5 cm³/mol. The zero-order valence-electron chi connectivity index (χ0n) is 11.2. The average molecular weight is 255 g/mol. The van der Waals surface area contributed by atoms with Crippen molar-refractivity contribution >= 4 is 0 Å². The van der Waals surface area contributed by atoms with E-state index in [2.05, 4.69) is 4.98 Å². The van der Waals surface area contributed by atoms with E-state index >= 15 is 0 Å². The highest BCUT2D eigenvalue weighted by Gasteiger charge is 2.18. The van der Waals surface area contributed by atoms with Gasteiger partial charge in [0.15, 0.2) is 0 Å². The van der Waals surface area contributed by atoms with E-state index in [1.807, 2.05) is 18.9 Å². The molecule has 0 aliphatic carbocycles. The maximum atomic E-state index is 12.8. The highest BCUT2D eigenvalue weighted by atomic mass is 19.1. The van der Waals surface area contributed by atoms with Crippen LogP contribution in [0.4, 0.5) is 4.39 Å². The van der Waals surface area contributed by atoms with E-state index in [4.69, 9.17) is 5.73 Å². The van der Waals surface area contributed by atoms with Crippen molar-refractivity contribution in [1.82, 2.24) is 9.88 Å². The molecule has 0 amide bonds. The van der Waals surface area contributed by atoms with Crippen LogP contribution in [0.15, 0.2) is 18.3 Å². The van der Waals surface area contributed by atoms with Crippen LogP contribution in [0.2, 0.25) is 0 Å². The predicted octanol–water partition coefficient (Wildman–Crippen LogP) is 1.17. The molecule has 0 saturated heterocycles. The summed E-state index contributed by atoms with van der Waals surface area (Å²) >= 11 is 0. The summed E-state index contributed by atoms with van der Waals surface area (Å²) < 4.78 is 12.8. The minimum atomic E-state index is -0.359. The molecule has 0 aromatic carbocycles. The number of pyridine rings is 1. The van der Waals surface area contributed by atoms with Crippen LogP contribution in [0.1, 0.15) is 25.6 Å². The van der Waals surface area contributed by atoms with Gasteiger partial charge in [-0.15, -0.1) is 0 Å². The first-order chi connectivity index (χ1) is 8.40. The highest BCUT2D eigenvalue weighted by molar-refractivity contribution is 5.10. The van der Waals surface area contributed by atoms with E-state index in [0.717, 1.165) is 6.54 Å². The highest BCUT2D eigenvalue weighted by Crippen LogP contribution is 2.18. The van der Waals surface area contributed by atoms with E-state index in [1.54, 1.807) is 13.0 Å². The second-order valence-electron chi connectivity index (χ2n) is 4.97. The van der Waals surface area contributed by atoms with Crippen LogP contribution in [-0.4, -0.2) is 41.2 Å². The maximum Gasteiger partial charge on any atom is 0.141 e. The summed E-state index contributed by atoms with van der Waals surface area (Å²) in [4.78, 5) is 6.03. The van der Waals surface area contributed by atoms with Crippen LogP contribution in [0.3, 0.4) is 0 Å². The Morgan fingerprint density at radius 1 is 1.39 bits per heavy atom. The van der Waals surface area contributed by atoms with Gasteiger partial charge in [0.1, 0.15) is 5.82 Å². The fraction of sp³-hybridized carbons (Fsp3) is 0.615. The minimum absolute atomic E-state index is 0.173. The molecule has 3 unspecified atom stereocenters. The molecule has 3 atom stereocenters. The number of aromatic nitrogens is 1. The molecule has 1 aromatic rings. The summed E-state index contributed by atoms with van der Waals surface area (Å²) in [6, 6.07) is 2.75. The molecule has 18 heavy (non-hydrogen) atoms. The number of halogens is 1. The van der Waals surface area contributed by atoms with Crippen LogP contribution in [0, 0.1) is 11.7 Å². The molecule has 0 spiro atoms. The lowest BCUT2D eigenvalue weighted by Crippen LogP contribution is -2.35. The Morgan fingerprint density at radius 3 is 2.56 bits per heavy atom. The Balaban J connectivity index is 2.55. The summed E-state index contributed by atoms with van der Waals surface area (Å²) in [7, 11) is 1.94. The normalized spacial score (nSPS) is 16.6. The monoisotopic (exact) mass is 255 g/mol. The first-order valence-electron chi connectivity index (χ1n) is 6.13. The lowest BCUT2D eigenvalue weighted by molar-refractivity contribution is 0.130. The van der Waals surface area contributed by atoms with E-state index in [0.29, 0.717) is 12.2 Å². The molecule has 0 aliphatic rings. The van der Waals surface area contributed by atoms with Gasteiger partial charge in [0, 0.05) is 13.1 Å². The van der Waals surface area contributed by atoms with Gasteiger partial charge in [0.25, 0.3) is 0 Å². The van der Waals surface area contributed by atoms with E-state index < -0.39 is 0 Å². The average Bonchev–Trinajstić information content (AvgIpc) is 2.27. The molecule has 0 aliphatic heterocycles. The summed E-state index contributed by atoms with van der Waals surface area (Å²) in [6.45, 7) is 5.13. The maximum absolute atomic E-state index is 12.8. The van der Waals surface area contributed by atoms with E-state index in [9.17, 15) is 9.50 Å². The number of aliphatic hydroxyl groups is 1. The fourth-order valence-electron chi connectivity index (χ4n) is 2.01. The third-order valence-corrected chi connectivity index (χ3v) is 2.88. The summed E-state index contributed by atoms with van der Waals surface area (Å²) in [6.07, 6.45) is 0.823. The third-order valence-electron chi connectivity index (χ3n) is 2.88. The van der Waals surface area contributed by atoms with Crippen molar-refractivity contribution in [2.24, 2.45) is 11.7 Å². The number of nitrogens with two attached hydrogens (primary N) is 1. The van der Waals surface area contributed by atoms with Gasteiger partial charge in [0.2, 0.25) is 0 Å². The standard InChI is InChI=1S/C13H22FN3O/c1-9(7-17(3)8-10(2)18)13(15)12-5-4-11(14)6-16-12/h4-6,9-10,13,18H,7-8,15H2,1-3H3. The topological polar surface area (TPSA) is 62.4 Å². The number of hydrogen-bond acceptors (Lipinski definition) is 4. The molecule has 0 radical (unpaired) electrons. The third kappa shape index (κ3) is 4.68. The van der Waals surface area contributed by atoms with Crippen molar-refractivity contribution in [3.05, 3.63) is 29.8 Å². The molecule has 4 nitrogen and oxygen atoms in total. The van der Waals surface area contributed by atoms with Crippen molar-refractivity contribution in [1.29, 1.82) is 0 Å². The minimum Gasteiger partial charge on any atom is -0.392 e. The van der Waals surface area contributed by atoms with Gasteiger partial charge in [-0.1, -0.05) is 6.92 Å².